The van der Waals surface area contributed by atoms with Crippen LogP contribution in [0, 0.1) is 11.6 Å². The highest BCUT2D eigenvalue weighted by Crippen LogP contribution is 2.38. The lowest BCUT2D eigenvalue weighted by Crippen LogP contribution is -2.39. The molecule has 2 aromatic carbocycles. The molecule has 12 nitrogen and oxygen atoms in total. The number of nitrogens with zero attached hydrogens (tertiary/aromatic N) is 6. The van der Waals surface area contributed by atoms with Crippen molar-refractivity contribution in [3.63, 3.8) is 0 Å². The molecule has 230 valence electrons. The number of urea groups is 1. The molecule has 0 unspecified atom stereocenters. The summed E-state index contributed by atoms with van der Waals surface area (Å²) in [7, 11) is 5.00. The van der Waals surface area contributed by atoms with Crippen molar-refractivity contribution < 1.29 is 18.4 Å². The fourth-order valence-electron chi connectivity index (χ4n) is 5.07. The molecule has 2 N–H and O–H groups in total. The zero-order valence-electron chi connectivity index (χ0n) is 24.2. The number of pyridine rings is 1. The summed E-state index contributed by atoms with van der Waals surface area (Å²) in [5.74, 6) is -1.63. The molecule has 0 spiro atoms. The summed E-state index contributed by atoms with van der Waals surface area (Å²) in [4.78, 5) is 51.9. The summed E-state index contributed by atoms with van der Waals surface area (Å²) >= 11 is 1.17. The van der Waals surface area contributed by atoms with Crippen molar-refractivity contribution in [1.29, 1.82) is 0 Å². The number of nitrogens with one attached hydrogen (secondary N) is 2. The van der Waals surface area contributed by atoms with Crippen LogP contribution in [0.5, 0.6) is 0 Å². The number of hydroxylamine groups is 1. The second-order valence-electron chi connectivity index (χ2n) is 10.3. The van der Waals surface area contributed by atoms with Crippen LogP contribution < -0.4 is 22.0 Å². The molecule has 0 fully saturated rings. The van der Waals surface area contributed by atoms with E-state index >= 15 is 0 Å². The number of hydrogen-bond acceptors (Lipinski definition) is 8. The van der Waals surface area contributed by atoms with E-state index in [2.05, 4.69) is 25.7 Å². The van der Waals surface area contributed by atoms with E-state index in [1.165, 1.54) is 46.1 Å². The van der Waals surface area contributed by atoms with Crippen LogP contribution in [0.15, 0.2) is 76.7 Å². The predicted octanol–water partition coefficient (Wildman–Crippen LogP) is 3.99. The number of halogens is 2. The first-order valence-electron chi connectivity index (χ1n) is 13.5. The molecule has 0 aliphatic rings. The van der Waals surface area contributed by atoms with Gasteiger partial charge in [-0.15, -0.1) is 11.3 Å². The number of amides is 2. The summed E-state index contributed by atoms with van der Waals surface area (Å²) in [5, 5.41) is 6.99. The number of hydrogen-bond donors (Lipinski definition) is 2. The minimum absolute atomic E-state index is 0.209. The van der Waals surface area contributed by atoms with Gasteiger partial charge in [0.05, 0.1) is 30.9 Å². The largest absolute Gasteiger partial charge is 0.343 e. The normalized spacial score (nSPS) is 11.5. The molecular weight excluding hydrogens is 606 g/mol. The first kappa shape index (κ1) is 29.8. The standard InChI is InChI=1S/C30H26F2N8O4S/c1-37(2)14-21-25-27(41)40(19-11-12-24-33-16-34-39(24)13-19)30(43)38(15-20-22(31)5-4-6-23(20)32)28(25)45-26(21)17-7-9-18(10-8-17)35-29(42)36-44-3/h4-13,16H,14-15H2,1-3H3,(H2,35,36,42). The van der Waals surface area contributed by atoms with Gasteiger partial charge in [-0.2, -0.15) is 5.10 Å². The third-order valence-corrected chi connectivity index (χ3v) is 8.35. The van der Waals surface area contributed by atoms with Gasteiger partial charge in [-0.3, -0.25) is 14.2 Å². The van der Waals surface area contributed by atoms with Gasteiger partial charge in [0.25, 0.3) is 5.56 Å². The number of aromatic nitrogens is 5. The first-order valence-corrected chi connectivity index (χ1v) is 14.4. The van der Waals surface area contributed by atoms with Gasteiger partial charge in [0.15, 0.2) is 5.65 Å². The Hall–Kier alpha value is -5.25. The lowest BCUT2D eigenvalue weighted by atomic mass is 10.1. The molecule has 4 aromatic heterocycles. The maximum atomic E-state index is 14.9. The molecule has 45 heavy (non-hydrogen) atoms. The third-order valence-electron chi connectivity index (χ3n) is 7.04. The smallest absolute Gasteiger partial charge is 0.306 e. The van der Waals surface area contributed by atoms with Gasteiger partial charge in [-0.05, 0) is 61.6 Å². The highest BCUT2D eigenvalue weighted by Gasteiger charge is 2.25. The minimum Gasteiger partial charge on any atom is -0.306 e. The zero-order chi connectivity index (χ0) is 31.8. The molecule has 6 aromatic rings. The average molecular weight is 633 g/mol. The Morgan fingerprint density at radius 3 is 2.44 bits per heavy atom. The van der Waals surface area contributed by atoms with Crippen molar-refractivity contribution in [2.45, 2.75) is 13.1 Å². The van der Waals surface area contributed by atoms with Crippen molar-refractivity contribution in [2.75, 3.05) is 26.5 Å². The van der Waals surface area contributed by atoms with Crippen molar-refractivity contribution in [3.05, 3.63) is 111 Å². The van der Waals surface area contributed by atoms with Gasteiger partial charge in [0.1, 0.15) is 22.8 Å². The molecule has 0 saturated heterocycles. The van der Waals surface area contributed by atoms with Crippen LogP contribution >= 0.6 is 11.3 Å². The van der Waals surface area contributed by atoms with Gasteiger partial charge in [-0.1, -0.05) is 18.2 Å². The SMILES string of the molecule is CONC(=O)Nc1ccc(-c2sc3c(c2CN(C)C)c(=O)n(-c2ccc4ncnn4c2)c(=O)n3Cc2c(F)cccc2F)cc1. The summed E-state index contributed by atoms with van der Waals surface area (Å²) < 4.78 is 33.5. The minimum atomic E-state index is -0.817. The van der Waals surface area contributed by atoms with Gasteiger partial charge in [0, 0.05) is 22.7 Å². The van der Waals surface area contributed by atoms with Crippen molar-refractivity contribution in [3.8, 4) is 16.1 Å². The Bertz CT molecular complexity index is 2170. The van der Waals surface area contributed by atoms with Gasteiger partial charge in [0.2, 0.25) is 0 Å². The Morgan fingerprint density at radius 2 is 1.76 bits per heavy atom. The monoisotopic (exact) mass is 632 g/mol. The number of fused-ring (bicyclic) bond motifs is 2. The van der Waals surface area contributed by atoms with Crippen LogP contribution in [0.25, 0.3) is 32.0 Å². The van der Waals surface area contributed by atoms with Crippen molar-refractivity contribution >= 4 is 38.9 Å². The zero-order valence-corrected chi connectivity index (χ0v) is 25.1. The Labute approximate surface area is 257 Å². The van der Waals surface area contributed by atoms with Crippen molar-refractivity contribution in [1.82, 2.24) is 34.1 Å². The molecule has 0 bridgehead atoms. The molecule has 4 heterocycles. The molecule has 2 amide bonds. The third kappa shape index (κ3) is 5.59. The summed E-state index contributed by atoms with van der Waals surface area (Å²) in [6.07, 6.45) is 2.84. The van der Waals surface area contributed by atoms with Crippen LogP contribution in [0.3, 0.4) is 0 Å². The molecule has 0 atom stereocenters. The first-order chi connectivity index (χ1) is 21.7. The van der Waals surface area contributed by atoms with Crippen LogP contribution in [0.1, 0.15) is 11.1 Å². The molecular formula is C30H26F2N8O4S. The van der Waals surface area contributed by atoms with Crippen LogP contribution in [0.4, 0.5) is 19.3 Å². The topological polar surface area (TPSA) is 128 Å². The molecule has 0 radical (unpaired) electrons. The van der Waals surface area contributed by atoms with E-state index in [1.807, 2.05) is 19.0 Å². The van der Waals surface area contributed by atoms with E-state index in [1.54, 1.807) is 36.4 Å². The average Bonchev–Trinajstić information content (AvgIpc) is 3.62. The quantitative estimate of drug-likeness (QED) is 0.243. The highest BCUT2D eigenvalue weighted by atomic mass is 32.1. The van der Waals surface area contributed by atoms with E-state index in [9.17, 15) is 23.2 Å². The molecule has 6 rings (SSSR count). The van der Waals surface area contributed by atoms with Crippen LogP contribution in [0.2, 0.25) is 0 Å². The maximum Gasteiger partial charge on any atom is 0.343 e. The Balaban J connectivity index is 1.62. The molecule has 0 saturated carbocycles. The van der Waals surface area contributed by atoms with E-state index in [0.29, 0.717) is 33.9 Å². The number of carbonyl (C=O) groups excluding carboxylic acids is 1. The Morgan fingerprint density at radius 1 is 1.02 bits per heavy atom. The lowest BCUT2D eigenvalue weighted by Gasteiger charge is -2.15. The van der Waals surface area contributed by atoms with Crippen molar-refractivity contribution in [2.24, 2.45) is 0 Å². The van der Waals surface area contributed by atoms with E-state index in [4.69, 9.17) is 0 Å². The predicted molar refractivity (Wildman–Crippen MR) is 166 cm³/mol. The summed E-state index contributed by atoms with van der Waals surface area (Å²) in [6, 6.07) is 13.0. The number of thiophene rings is 1. The van der Waals surface area contributed by atoms with Gasteiger partial charge >= 0.3 is 11.7 Å². The number of rotatable bonds is 8. The van der Waals surface area contributed by atoms with E-state index in [0.717, 1.165) is 16.7 Å². The summed E-state index contributed by atoms with van der Waals surface area (Å²) in [6.45, 7) is -0.145. The fourth-order valence-corrected chi connectivity index (χ4v) is 6.37. The fraction of sp³-hybridized carbons (Fsp3) is 0.167. The number of anilines is 1. The van der Waals surface area contributed by atoms with E-state index < -0.39 is 35.5 Å². The van der Waals surface area contributed by atoms with Gasteiger partial charge in [-0.25, -0.2) is 37.9 Å². The van der Waals surface area contributed by atoms with E-state index in [-0.39, 0.29) is 21.5 Å². The summed E-state index contributed by atoms with van der Waals surface area (Å²) in [5.41, 5.74) is 3.03. The highest BCUT2D eigenvalue weighted by molar-refractivity contribution is 7.22. The maximum absolute atomic E-state index is 14.9. The number of benzene rings is 2. The number of carbonyl (C=O) groups is 1. The second kappa shape index (κ2) is 12.0. The Kier molecular flexibility index (Phi) is 7.97. The van der Waals surface area contributed by atoms with Crippen LogP contribution in [-0.4, -0.2) is 55.9 Å². The molecule has 0 aliphatic heterocycles. The molecule has 0 aliphatic carbocycles. The van der Waals surface area contributed by atoms with Gasteiger partial charge < -0.3 is 10.2 Å². The lowest BCUT2D eigenvalue weighted by molar-refractivity contribution is 0.114. The second-order valence-corrected chi connectivity index (χ2v) is 11.3. The van der Waals surface area contributed by atoms with Crippen LogP contribution in [-0.2, 0) is 17.9 Å². The molecule has 15 heteroatoms.